The number of piperidine rings is 1. The summed E-state index contributed by atoms with van der Waals surface area (Å²) in [6.07, 6.45) is 1.02. The number of aromatic hydroxyl groups is 1. The molecule has 4 aromatic carbocycles. The average molecular weight is 1020 g/mol. The minimum Gasteiger partial charge on any atom is -0.508 e. The van der Waals surface area contributed by atoms with E-state index in [0.717, 1.165) is 29.8 Å². The number of amides is 3. The van der Waals surface area contributed by atoms with Crippen LogP contribution in [0, 0.1) is 31.0 Å². The van der Waals surface area contributed by atoms with Crippen molar-refractivity contribution in [3.05, 3.63) is 153 Å². The number of aromatic nitrogens is 2. The Morgan fingerprint density at radius 2 is 1.56 bits per heavy atom. The highest BCUT2D eigenvalue weighted by Gasteiger charge is 2.36. The van der Waals surface area contributed by atoms with Crippen molar-refractivity contribution in [3.63, 3.8) is 0 Å². The molecule has 2 fully saturated rings. The SMILES string of the molecule is Cc1c(N(C(=O)c2cc(-c3cc4c(cc3C(=O)N3Cc5ccccc5C[C@H]3CN3CCC(F)CC3)CN(C(=O)Cc3ccc(OCCN5CCOCC5)cc3F)CC4)n(C)c2C)c2ccc(O)cc2)cc(C#N)n1C. The number of anilines is 2. The number of alkyl halides is 1. The molecule has 4 aliphatic rings. The van der Waals surface area contributed by atoms with Crippen LogP contribution in [-0.2, 0) is 56.0 Å². The predicted molar refractivity (Wildman–Crippen MR) is 281 cm³/mol. The van der Waals surface area contributed by atoms with Crippen molar-refractivity contribution in [1.82, 2.24) is 28.7 Å². The molecule has 4 aliphatic heterocycles. The maximum Gasteiger partial charge on any atom is 0.264 e. The molecular formula is C59H64F2N8O6. The monoisotopic (exact) mass is 1020 g/mol. The van der Waals surface area contributed by atoms with Crippen LogP contribution in [0.2, 0.25) is 0 Å². The molecule has 390 valence electrons. The van der Waals surface area contributed by atoms with E-state index in [1.807, 2.05) is 60.7 Å². The molecule has 14 nitrogen and oxygen atoms in total. The molecule has 0 saturated carbocycles. The molecule has 0 bridgehead atoms. The number of nitriles is 1. The van der Waals surface area contributed by atoms with E-state index in [-0.39, 0.29) is 48.0 Å². The molecule has 0 spiro atoms. The van der Waals surface area contributed by atoms with Crippen LogP contribution in [0.5, 0.6) is 11.5 Å². The Hall–Kier alpha value is -7.32. The molecule has 3 amide bonds. The number of fused-ring (bicyclic) bond motifs is 2. The highest BCUT2D eigenvalue weighted by atomic mass is 19.1. The van der Waals surface area contributed by atoms with Gasteiger partial charge in [-0.3, -0.25) is 24.2 Å². The number of benzene rings is 4. The summed E-state index contributed by atoms with van der Waals surface area (Å²) in [5.74, 6) is -0.885. The number of halogens is 2. The van der Waals surface area contributed by atoms with Crippen LogP contribution >= 0.6 is 0 Å². The fraction of sp³-hybridized carbons (Fsp3) is 0.390. The zero-order chi connectivity index (χ0) is 52.5. The third kappa shape index (κ3) is 10.7. The summed E-state index contributed by atoms with van der Waals surface area (Å²) in [5.41, 5.74) is 8.99. The number of rotatable bonds is 13. The van der Waals surface area contributed by atoms with Gasteiger partial charge in [0, 0.05) is 119 Å². The van der Waals surface area contributed by atoms with Crippen LogP contribution < -0.4 is 9.64 Å². The second kappa shape index (κ2) is 21.9. The van der Waals surface area contributed by atoms with E-state index in [1.165, 1.54) is 23.8 Å². The van der Waals surface area contributed by atoms with Gasteiger partial charge in [-0.1, -0.05) is 30.3 Å². The first-order chi connectivity index (χ1) is 36.2. The standard InChI is InChI=1S/C59H64F2N8O6/c1-38-51(59(73)69(46-10-12-49(70)13-11-46)55-31-47(34-62)63(3)39(55)2)33-56(64(38)4)52-28-41-15-20-67(57(71)30-42-9-14-50(32-54(42)61)75-26-23-65-21-24-74-25-22-65)35-44(41)29-53(52)58(72)68-36-43-8-6-5-7-40(43)27-48(68)37-66-18-16-45(60)17-19-66/h5-14,28-29,31-33,45,48,70H,15-27,30,35-37H2,1-4H3/t48-/m0/s1. The normalized spacial score (nSPS) is 17.3. The van der Waals surface area contributed by atoms with Crippen molar-refractivity contribution in [1.29, 1.82) is 5.26 Å². The van der Waals surface area contributed by atoms with Gasteiger partial charge in [-0.2, -0.15) is 5.26 Å². The maximum absolute atomic E-state index is 15.8. The lowest BCUT2D eigenvalue weighted by atomic mass is 9.89. The molecule has 2 saturated heterocycles. The van der Waals surface area contributed by atoms with Gasteiger partial charge in [0.05, 0.1) is 30.9 Å². The first-order valence-electron chi connectivity index (χ1n) is 26.0. The number of hydrogen-bond acceptors (Lipinski definition) is 9. The van der Waals surface area contributed by atoms with Crippen molar-refractivity contribution in [2.45, 2.75) is 71.3 Å². The van der Waals surface area contributed by atoms with Crippen molar-refractivity contribution in [2.24, 2.45) is 14.1 Å². The fourth-order valence-electron chi connectivity index (χ4n) is 11.2. The molecule has 0 radical (unpaired) electrons. The molecular weight excluding hydrogens is 955 g/mol. The minimum absolute atomic E-state index is 0.0353. The van der Waals surface area contributed by atoms with E-state index in [4.69, 9.17) is 9.47 Å². The molecule has 6 heterocycles. The van der Waals surface area contributed by atoms with Crippen LogP contribution in [-0.4, -0.2) is 129 Å². The lowest BCUT2D eigenvalue weighted by molar-refractivity contribution is -0.131. The van der Waals surface area contributed by atoms with Crippen LogP contribution in [0.4, 0.5) is 20.2 Å². The topological polar surface area (TPSA) is 140 Å². The number of likely N-dealkylation sites (tertiary alicyclic amines) is 1. The van der Waals surface area contributed by atoms with E-state index in [1.54, 1.807) is 51.7 Å². The Morgan fingerprint density at radius 3 is 2.28 bits per heavy atom. The van der Waals surface area contributed by atoms with Crippen LogP contribution in [0.15, 0.2) is 91.0 Å². The summed E-state index contributed by atoms with van der Waals surface area (Å²) >= 11 is 0. The Labute approximate surface area is 436 Å². The lowest BCUT2D eigenvalue weighted by Crippen LogP contribution is -2.51. The molecule has 75 heavy (non-hydrogen) atoms. The Bertz CT molecular complexity index is 3170. The number of carbonyl (C=O) groups excluding carboxylic acids is 3. The summed E-state index contributed by atoms with van der Waals surface area (Å²) < 4.78 is 45.0. The van der Waals surface area contributed by atoms with Gasteiger partial charge in [0.15, 0.2) is 0 Å². The predicted octanol–water partition coefficient (Wildman–Crippen LogP) is 8.18. The molecule has 16 heteroatoms. The van der Waals surface area contributed by atoms with Crippen molar-refractivity contribution < 1.29 is 37.7 Å². The molecule has 0 aliphatic carbocycles. The van der Waals surface area contributed by atoms with Gasteiger partial charge in [-0.15, -0.1) is 0 Å². The van der Waals surface area contributed by atoms with Gasteiger partial charge < -0.3 is 38.4 Å². The van der Waals surface area contributed by atoms with E-state index in [2.05, 4.69) is 28.0 Å². The third-order valence-corrected chi connectivity index (χ3v) is 15.9. The van der Waals surface area contributed by atoms with Gasteiger partial charge in [-0.05, 0) is 122 Å². The second-order valence-electron chi connectivity index (χ2n) is 20.4. The summed E-state index contributed by atoms with van der Waals surface area (Å²) in [7, 11) is 3.65. The first kappa shape index (κ1) is 51.2. The quantitative estimate of drug-likeness (QED) is 0.121. The number of phenolic OH excluding ortho intramolecular Hbond substituents is 1. The number of carbonyl (C=O) groups is 3. The maximum atomic E-state index is 15.8. The molecule has 0 unspecified atom stereocenters. The average Bonchev–Trinajstić information content (AvgIpc) is 3.89. The van der Waals surface area contributed by atoms with Gasteiger partial charge in [0.1, 0.15) is 41.9 Å². The van der Waals surface area contributed by atoms with E-state index >= 15 is 14.0 Å². The number of nitrogens with zero attached hydrogens (tertiary/aromatic N) is 8. The highest BCUT2D eigenvalue weighted by molar-refractivity contribution is 6.13. The van der Waals surface area contributed by atoms with E-state index in [0.29, 0.717) is 141 Å². The third-order valence-electron chi connectivity index (χ3n) is 15.9. The van der Waals surface area contributed by atoms with Gasteiger partial charge in [0.2, 0.25) is 5.91 Å². The molecule has 1 N–H and O–H groups in total. The van der Waals surface area contributed by atoms with Crippen molar-refractivity contribution in [2.75, 3.05) is 70.5 Å². The summed E-state index contributed by atoms with van der Waals surface area (Å²) in [6.45, 7) is 10.6. The summed E-state index contributed by atoms with van der Waals surface area (Å²) in [6, 6.07) is 28.6. The number of morpholine rings is 1. The smallest absolute Gasteiger partial charge is 0.264 e. The molecule has 6 aromatic rings. The van der Waals surface area contributed by atoms with Crippen LogP contribution in [0.25, 0.3) is 11.3 Å². The highest BCUT2D eigenvalue weighted by Crippen LogP contribution is 2.39. The largest absolute Gasteiger partial charge is 0.508 e. The van der Waals surface area contributed by atoms with Crippen molar-refractivity contribution in [3.8, 4) is 28.8 Å². The number of ether oxygens (including phenoxy) is 2. The van der Waals surface area contributed by atoms with Gasteiger partial charge in [-0.25, -0.2) is 8.78 Å². The second-order valence-corrected chi connectivity index (χ2v) is 20.4. The molecule has 2 aromatic heterocycles. The Kier molecular flexibility index (Phi) is 14.9. The van der Waals surface area contributed by atoms with Crippen LogP contribution in [0.1, 0.15) is 78.5 Å². The fourth-order valence-corrected chi connectivity index (χ4v) is 11.2. The molecule has 1 atom stereocenters. The van der Waals surface area contributed by atoms with Crippen LogP contribution in [0.3, 0.4) is 0 Å². The van der Waals surface area contributed by atoms with Gasteiger partial charge in [0.25, 0.3) is 11.8 Å². The van der Waals surface area contributed by atoms with Gasteiger partial charge >= 0.3 is 0 Å². The first-order valence-corrected chi connectivity index (χ1v) is 26.0. The summed E-state index contributed by atoms with van der Waals surface area (Å²) in [5, 5.41) is 20.2. The van der Waals surface area contributed by atoms with Crippen molar-refractivity contribution >= 4 is 29.1 Å². The van der Waals surface area contributed by atoms with E-state index < -0.39 is 12.0 Å². The Morgan fingerprint density at radius 1 is 0.813 bits per heavy atom. The zero-order valence-corrected chi connectivity index (χ0v) is 43.2. The lowest BCUT2D eigenvalue weighted by Gasteiger charge is -2.41. The molecule has 10 rings (SSSR count). The zero-order valence-electron chi connectivity index (χ0n) is 43.2. The number of hydrogen-bond donors (Lipinski definition) is 1. The Balaban J connectivity index is 0.993. The summed E-state index contributed by atoms with van der Waals surface area (Å²) in [4.78, 5) is 54.8. The minimum atomic E-state index is -0.837. The van der Waals surface area contributed by atoms with E-state index in [9.17, 15) is 19.6 Å². The number of phenols is 1.